The average molecular weight is 230 g/mol. The summed E-state index contributed by atoms with van der Waals surface area (Å²) in [5.41, 5.74) is 2.75. The lowest BCUT2D eigenvalue weighted by Gasteiger charge is -2.35. The maximum absolute atomic E-state index is 3.71. The molecular formula is C15H22N2. The molecule has 17 heavy (non-hydrogen) atoms. The first-order valence-corrected chi connectivity index (χ1v) is 6.93. The molecule has 0 aromatic heterocycles. The van der Waals surface area contributed by atoms with Crippen LogP contribution >= 0.6 is 0 Å². The molecule has 1 aromatic carbocycles. The topological polar surface area (TPSA) is 15.3 Å². The Morgan fingerprint density at radius 2 is 1.82 bits per heavy atom. The van der Waals surface area contributed by atoms with Crippen molar-refractivity contribution in [3.63, 3.8) is 0 Å². The van der Waals surface area contributed by atoms with E-state index in [4.69, 9.17) is 0 Å². The van der Waals surface area contributed by atoms with Crippen LogP contribution < -0.4 is 10.2 Å². The summed E-state index contributed by atoms with van der Waals surface area (Å²) in [6, 6.07) is 9.49. The molecule has 0 bridgehead atoms. The van der Waals surface area contributed by atoms with E-state index >= 15 is 0 Å². The Kier molecular flexibility index (Phi) is 2.96. The highest BCUT2D eigenvalue weighted by Crippen LogP contribution is 2.34. The molecule has 3 rings (SSSR count). The van der Waals surface area contributed by atoms with Crippen LogP contribution in [0.3, 0.4) is 0 Å². The van der Waals surface area contributed by atoms with Crippen LogP contribution in [-0.2, 0) is 0 Å². The normalized spacial score (nSPS) is 27.9. The third-order valence-electron chi connectivity index (χ3n) is 4.08. The van der Waals surface area contributed by atoms with E-state index in [-0.39, 0.29) is 0 Å². The summed E-state index contributed by atoms with van der Waals surface area (Å²) in [5, 5.41) is 3.71. The van der Waals surface area contributed by atoms with Crippen molar-refractivity contribution in [2.24, 2.45) is 5.92 Å². The fourth-order valence-corrected chi connectivity index (χ4v) is 3.07. The van der Waals surface area contributed by atoms with Crippen molar-refractivity contribution in [2.75, 3.05) is 23.3 Å². The van der Waals surface area contributed by atoms with Crippen LogP contribution in [0.4, 0.5) is 11.4 Å². The predicted octanol–water partition coefficient (Wildman–Crippen LogP) is 3.50. The highest BCUT2D eigenvalue weighted by molar-refractivity contribution is 5.70. The number of benzene rings is 1. The molecule has 1 saturated carbocycles. The molecule has 0 spiro atoms. The molecule has 2 fully saturated rings. The Balaban J connectivity index is 1.73. The monoisotopic (exact) mass is 230 g/mol. The molecule has 0 amide bonds. The minimum absolute atomic E-state index is 0.703. The van der Waals surface area contributed by atoms with Crippen LogP contribution in [-0.4, -0.2) is 19.1 Å². The molecule has 0 unspecified atom stereocenters. The van der Waals surface area contributed by atoms with Crippen LogP contribution in [0.2, 0.25) is 0 Å². The van der Waals surface area contributed by atoms with Crippen molar-refractivity contribution in [1.82, 2.24) is 0 Å². The van der Waals surface area contributed by atoms with Gasteiger partial charge >= 0.3 is 0 Å². The second-order valence-electron chi connectivity index (χ2n) is 5.63. The molecular weight excluding hydrogens is 208 g/mol. The van der Waals surface area contributed by atoms with E-state index in [0.717, 1.165) is 5.92 Å². The second-order valence-corrected chi connectivity index (χ2v) is 5.63. The summed E-state index contributed by atoms with van der Waals surface area (Å²) >= 11 is 0. The zero-order chi connectivity index (χ0) is 11.7. The number of rotatable bonds is 3. The SMILES string of the molecule is CC1CC(Nc2ccccc2N2CCCC2)C1. The number of hydrogen-bond donors (Lipinski definition) is 1. The Labute approximate surface area is 104 Å². The Hall–Kier alpha value is -1.18. The van der Waals surface area contributed by atoms with Crippen LogP contribution in [0.1, 0.15) is 32.6 Å². The molecule has 1 N–H and O–H groups in total. The summed E-state index contributed by atoms with van der Waals surface area (Å²) in [7, 11) is 0. The summed E-state index contributed by atoms with van der Waals surface area (Å²) in [6.07, 6.45) is 5.34. The molecule has 92 valence electrons. The van der Waals surface area contributed by atoms with E-state index in [2.05, 4.69) is 41.4 Å². The van der Waals surface area contributed by atoms with E-state index < -0.39 is 0 Å². The van der Waals surface area contributed by atoms with Crippen LogP contribution in [0.25, 0.3) is 0 Å². The van der Waals surface area contributed by atoms with Gasteiger partial charge in [-0.2, -0.15) is 0 Å². The quantitative estimate of drug-likeness (QED) is 0.855. The number of nitrogens with zero attached hydrogens (tertiary/aromatic N) is 1. The van der Waals surface area contributed by atoms with Gasteiger partial charge in [0, 0.05) is 19.1 Å². The van der Waals surface area contributed by atoms with Crippen molar-refractivity contribution in [1.29, 1.82) is 0 Å². The van der Waals surface area contributed by atoms with Gasteiger partial charge < -0.3 is 10.2 Å². The Bertz CT molecular complexity index is 376. The van der Waals surface area contributed by atoms with Gasteiger partial charge in [0.15, 0.2) is 0 Å². The summed E-state index contributed by atoms with van der Waals surface area (Å²) in [4.78, 5) is 2.52. The molecule has 0 radical (unpaired) electrons. The van der Waals surface area contributed by atoms with Gasteiger partial charge in [-0.1, -0.05) is 19.1 Å². The fourth-order valence-electron chi connectivity index (χ4n) is 3.07. The van der Waals surface area contributed by atoms with Crippen molar-refractivity contribution in [3.05, 3.63) is 24.3 Å². The predicted molar refractivity (Wildman–Crippen MR) is 73.7 cm³/mol. The van der Waals surface area contributed by atoms with Gasteiger partial charge in [0.1, 0.15) is 0 Å². The highest BCUT2D eigenvalue weighted by Gasteiger charge is 2.26. The van der Waals surface area contributed by atoms with Gasteiger partial charge in [-0.05, 0) is 43.7 Å². The summed E-state index contributed by atoms with van der Waals surface area (Å²) in [6.45, 7) is 4.78. The van der Waals surface area contributed by atoms with E-state index in [1.165, 1.54) is 50.1 Å². The van der Waals surface area contributed by atoms with Gasteiger partial charge in [-0.3, -0.25) is 0 Å². The summed E-state index contributed by atoms with van der Waals surface area (Å²) in [5.74, 6) is 0.909. The first-order chi connectivity index (χ1) is 8.33. The largest absolute Gasteiger partial charge is 0.381 e. The number of anilines is 2. The van der Waals surface area contributed by atoms with Crippen LogP contribution in [0.5, 0.6) is 0 Å². The Morgan fingerprint density at radius 1 is 1.12 bits per heavy atom. The van der Waals surface area contributed by atoms with Crippen molar-refractivity contribution in [2.45, 2.75) is 38.6 Å². The molecule has 0 atom stereocenters. The number of nitrogens with one attached hydrogen (secondary N) is 1. The van der Waals surface area contributed by atoms with E-state index in [1.807, 2.05) is 0 Å². The number of hydrogen-bond acceptors (Lipinski definition) is 2. The first kappa shape index (κ1) is 10.9. The zero-order valence-corrected chi connectivity index (χ0v) is 10.7. The Morgan fingerprint density at radius 3 is 2.53 bits per heavy atom. The highest BCUT2D eigenvalue weighted by atomic mass is 15.2. The van der Waals surface area contributed by atoms with Gasteiger partial charge in [0.25, 0.3) is 0 Å². The van der Waals surface area contributed by atoms with Gasteiger partial charge in [-0.15, -0.1) is 0 Å². The lowest BCUT2D eigenvalue weighted by atomic mass is 9.82. The standard InChI is InChI=1S/C15H22N2/c1-12-10-13(11-12)16-14-6-2-3-7-15(14)17-8-4-5-9-17/h2-3,6-7,12-13,16H,4-5,8-11H2,1H3. The molecule has 2 aliphatic rings. The fraction of sp³-hybridized carbons (Fsp3) is 0.600. The van der Waals surface area contributed by atoms with Crippen molar-refractivity contribution >= 4 is 11.4 Å². The van der Waals surface area contributed by atoms with E-state index in [9.17, 15) is 0 Å². The summed E-state index contributed by atoms with van der Waals surface area (Å²) < 4.78 is 0. The van der Waals surface area contributed by atoms with E-state index in [1.54, 1.807) is 0 Å². The van der Waals surface area contributed by atoms with Crippen LogP contribution in [0, 0.1) is 5.92 Å². The van der Waals surface area contributed by atoms with Gasteiger partial charge in [-0.25, -0.2) is 0 Å². The van der Waals surface area contributed by atoms with Crippen molar-refractivity contribution in [3.8, 4) is 0 Å². The molecule has 1 aliphatic carbocycles. The molecule has 1 saturated heterocycles. The lowest BCUT2D eigenvalue weighted by molar-refractivity contribution is 0.309. The van der Waals surface area contributed by atoms with Crippen LogP contribution in [0.15, 0.2) is 24.3 Å². The second kappa shape index (κ2) is 4.59. The first-order valence-electron chi connectivity index (χ1n) is 6.93. The molecule has 2 heteroatoms. The zero-order valence-electron chi connectivity index (χ0n) is 10.7. The maximum atomic E-state index is 3.71. The lowest BCUT2D eigenvalue weighted by Crippen LogP contribution is -2.34. The molecule has 1 aromatic rings. The minimum atomic E-state index is 0.703. The average Bonchev–Trinajstić information content (AvgIpc) is 2.81. The smallest absolute Gasteiger partial charge is 0.0602 e. The number of para-hydroxylation sites is 2. The maximum Gasteiger partial charge on any atom is 0.0602 e. The van der Waals surface area contributed by atoms with Gasteiger partial charge in [0.05, 0.1) is 11.4 Å². The third kappa shape index (κ3) is 2.26. The van der Waals surface area contributed by atoms with Crippen molar-refractivity contribution < 1.29 is 0 Å². The third-order valence-corrected chi connectivity index (χ3v) is 4.08. The molecule has 2 nitrogen and oxygen atoms in total. The molecule has 1 heterocycles. The van der Waals surface area contributed by atoms with Gasteiger partial charge in [0.2, 0.25) is 0 Å². The molecule has 1 aliphatic heterocycles. The van der Waals surface area contributed by atoms with E-state index in [0.29, 0.717) is 6.04 Å². The minimum Gasteiger partial charge on any atom is -0.381 e.